The van der Waals surface area contributed by atoms with Crippen LogP contribution in [0.4, 0.5) is 0 Å². The maximum Gasteiger partial charge on any atom is 0.224 e. The Morgan fingerprint density at radius 1 is 1.32 bits per heavy atom. The van der Waals surface area contributed by atoms with E-state index in [4.69, 9.17) is 14.3 Å². The second-order valence-corrected chi connectivity index (χ2v) is 4.45. The minimum absolute atomic E-state index is 0.0878. The molecule has 0 aliphatic carbocycles. The molecule has 1 fully saturated rings. The number of rotatable bonds is 6. The highest BCUT2D eigenvalue weighted by Gasteiger charge is 2.15. The van der Waals surface area contributed by atoms with E-state index in [1.165, 1.54) is 0 Å². The highest BCUT2D eigenvalue weighted by Crippen LogP contribution is 2.07. The van der Waals surface area contributed by atoms with Crippen molar-refractivity contribution in [2.24, 2.45) is 0 Å². The molecule has 1 amide bonds. The monoisotopic (exact) mass is 268 g/mol. The molecular formula is C13H20N2O4. The summed E-state index contributed by atoms with van der Waals surface area (Å²) < 4.78 is 10.5. The Kier molecular flexibility index (Phi) is 5.38. The third-order valence-electron chi connectivity index (χ3n) is 3.05. The number of morpholine rings is 1. The number of furan rings is 1. The van der Waals surface area contributed by atoms with Crippen molar-refractivity contribution in [1.82, 2.24) is 10.2 Å². The predicted molar refractivity (Wildman–Crippen MR) is 68.4 cm³/mol. The normalized spacial score (nSPS) is 15.7. The van der Waals surface area contributed by atoms with Crippen LogP contribution < -0.4 is 5.32 Å². The van der Waals surface area contributed by atoms with Crippen molar-refractivity contribution in [3.8, 4) is 0 Å². The van der Waals surface area contributed by atoms with E-state index in [9.17, 15) is 4.79 Å². The lowest BCUT2D eigenvalue weighted by Gasteiger charge is -2.26. The summed E-state index contributed by atoms with van der Waals surface area (Å²) in [5, 5.41) is 12.0. The van der Waals surface area contributed by atoms with Crippen LogP contribution in [0.3, 0.4) is 0 Å². The summed E-state index contributed by atoms with van der Waals surface area (Å²) in [7, 11) is 0. The quantitative estimate of drug-likeness (QED) is 0.716. The Morgan fingerprint density at radius 2 is 2.05 bits per heavy atom. The largest absolute Gasteiger partial charge is 0.462 e. The average Bonchev–Trinajstić information content (AvgIpc) is 2.92. The molecule has 1 saturated heterocycles. The van der Waals surface area contributed by atoms with Gasteiger partial charge >= 0.3 is 0 Å². The first kappa shape index (κ1) is 14.0. The highest BCUT2D eigenvalue weighted by molar-refractivity contribution is 5.76. The Labute approximate surface area is 112 Å². The van der Waals surface area contributed by atoms with E-state index in [2.05, 4.69) is 5.32 Å². The van der Waals surface area contributed by atoms with Gasteiger partial charge < -0.3 is 24.5 Å². The van der Waals surface area contributed by atoms with E-state index in [0.717, 1.165) is 5.76 Å². The average molecular weight is 268 g/mol. The van der Waals surface area contributed by atoms with Crippen molar-refractivity contribution >= 4 is 5.91 Å². The fourth-order valence-electron chi connectivity index (χ4n) is 1.98. The summed E-state index contributed by atoms with van der Waals surface area (Å²) in [5.41, 5.74) is 0. The fourth-order valence-corrected chi connectivity index (χ4v) is 1.98. The van der Waals surface area contributed by atoms with Crippen molar-refractivity contribution in [2.45, 2.75) is 19.6 Å². The van der Waals surface area contributed by atoms with Crippen LogP contribution in [0.1, 0.15) is 17.9 Å². The standard InChI is InChI=1S/C13H20N2O4/c16-10-12-2-1-11(19-12)9-14-4-3-13(17)15-5-7-18-8-6-15/h1-2,14,16H,3-10H2. The zero-order chi connectivity index (χ0) is 13.5. The molecule has 1 aromatic rings. The van der Waals surface area contributed by atoms with E-state index in [1.54, 1.807) is 6.07 Å². The smallest absolute Gasteiger partial charge is 0.224 e. The van der Waals surface area contributed by atoms with Crippen molar-refractivity contribution in [3.63, 3.8) is 0 Å². The van der Waals surface area contributed by atoms with Crippen LogP contribution in [0.25, 0.3) is 0 Å². The number of nitrogens with zero attached hydrogens (tertiary/aromatic N) is 1. The number of ether oxygens (including phenoxy) is 1. The van der Waals surface area contributed by atoms with Crippen LogP contribution in [-0.4, -0.2) is 48.8 Å². The molecule has 0 atom stereocenters. The summed E-state index contributed by atoms with van der Waals surface area (Å²) in [5.74, 6) is 1.48. The Bertz CT molecular complexity index is 399. The molecule has 0 unspecified atom stereocenters. The molecule has 0 aromatic carbocycles. The summed E-state index contributed by atoms with van der Waals surface area (Å²) in [4.78, 5) is 13.7. The fraction of sp³-hybridized carbons (Fsp3) is 0.615. The molecule has 1 aromatic heterocycles. The summed E-state index contributed by atoms with van der Waals surface area (Å²) in [6.07, 6.45) is 0.480. The number of hydrogen-bond donors (Lipinski definition) is 2. The minimum Gasteiger partial charge on any atom is -0.462 e. The number of amides is 1. The first-order valence-corrected chi connectivity index (χ1v) is 6.54. The third kappa shape index (κ3) is 4.34. The van der Waals surface area contributed by atoms with Crippen molar-refractivity contribution < 1.29 is 19.1 Å². The van der Waals surface area contributed by atoms with Gasteiger partial charge in [-0.3, -0.25) is 4.79 Å². The van der Waals surface area contributed by atoms with E-state index in [0.29, 0.717) is 51.6 Å². The van der Waals surface area contributed by atoms with Gasteiger partial charge in [0.1, 0.15) is 18.1 Å². The van der Waals surface area contributed by atoms with Crippen LogP contribution in [-0.2, 0) is 22.7 Å². The van der Waals surface area contributed by atoms with Gasteiger partial charge in [-0.25, -0.2) is 0 Å². The summed E-state index contributed by atoms with van der Waals surface area (Å²) in [6, 6.07) is 3.57. The second-order valence-electron chi connectivity index (χ2n) is 4.45. The van der Waals surface area contributed by atoms with Gasteiger partial charge in [0.05, 0.1) is 19.8 Å². The third-order valence-corrected chi connectivity index (χ3v) is 3.05. The molecule has 2 rings (SSSR count). The number of aliphatic hydroxyl groups is 1. The van der Waals surface area contributed by atoms with Gasteiger partial charge in [0.2, 0.25) is 5.91 Å². The van der Waals surface area contributed by atoms with Crippen LogP contribution in [0.2, 0.25) is 0 Å². The summed E-state index contributed by atoms with van der Waals surface area (Å²) in [6.45, 7) is 3.75. The molecule has 19 heavy (non-hydrogen) atoms. The lowest BCUT2D eigenvalue weighted by atomic mass is 10.3. The first-order chi connectivity index (χ1) is 9.29. The van der Waals surface area contributed by atoms with E-state index < -0.39 is 0 Å². The molecule has 106 valence electrons. The lowest BCUT2D eigenvalue weighted by molar-refractivity contribution is -0.135. The molecule has 1 aliphatic heterocycles. The predicted octanol–water partition coefficient (Wildman–Crippen LogP) is 0.110. The highest BCUT2D eigenvalue weighted by atomic mass is 16.5. The molecule has 0 spiro atoms. The molecule has 0 bridgehead atoms. The molecule has 1 aliphatic rings. The van der Waals surface area contributed by atoms with E-state index in [-0.39, 0.29) is 12.5 Å². The van der Waals surface area contributed by atoms with Gasteiger partial charge in [-0.2, -0.15) is 0 Å². The number of aliphatic hydroxyl groups excluding tert-OH is 1. The maximum atomic E-state index is 11.8. The number of carbonyl (C=O) groups excluding carboxylic acids is 1. The van der Waals surface area contributed by atoms with Crippen LogP contribution in [0, 0.1) is 0 Å². The van der Waals surface area contributed by atoms with Crippen LogP contribution in [0.5, 0.6) is 0 Å². The Morgan fingerprint density at radius 3 is 2.74 bits per heavy atom. The molecule has 6 heteroatoms. The SMILES string of the molecule is O=C(CCNCc1ccc(CO)o1)N1CCOCC1. The van der Waals surface area contributed by atoms with Gasteiger partial charge in [-0.05, 0) is 12.1 Å². The van der Waals surface area contributed by atoms with Crippen molar-refractivity contribution in [1.29, 1.82) is 0 Å². The van der Waals surface area contributed by atoms with Gasteiger partial charge in [0.25, 0.3) is 0 Å². The van der Waals surface area contributed by atoms with Crippen LogP contribution in [0.15, 0.2) is 16.5 Å². The number of nitrogens with one attached hydrogen (secondary N) is 1. The van der Waals surface area contributed by atoms with Crippen LogP contribution >= 0.6 is 0 Å². The minimum atomic E-state index is -0.0878. The van der Waals surface area contributed by atoms with Gasteiger partial charge in [-0.15, -0.1) is 0 Å². The van der Waals surface area contributed by atoms with E-state index in [1.807, 2.05) is 11.0 Å². The second kappa shape index (κ2) is 7.28. The molecule has 6 nitrogen and oxygen atoms in total. The first-order valence-electron chi connectivity index (χ1n) is 6.54. The topological polar surface area (TPSA) is 74.9 Å². The zero-order valence-corrected chi connectivity index (χ0v) is 10.9. The zero-order valence-electron chi connectivity index (χ0n) is 10.9. The lowest BCUT2D eigenvalue weighted by Crippen LogP contribution is -2.41. The number of hydrogen-bond acceptors (Lipinski definition) is 5. The molecular weight excluding hydrogens is 248 g/mol. The van der Waals surface area contributed by atoms with Gasteiger partial charge in [0.15, 0.2) is 0 Å². The van der Waals surface area contributed by atoms with E-state index >= 15 is 0 Å². The van der Waals surface area contributed by atoms with Gasteiger partial charge in [0, 0.05) is 26.1 Å². The Balaban J connectivity index is 1.62. The molecule has 0 radical (unpaired) electrons. The molecule has 2 heterocycles. The van der Waals surface area contributed by atoms with Crippen molar-refractivity contribution in [3.05, 3.63) is 23.7 Å². The molecule has 0 saturated carbocycles. The Hall–Kier alpha value is -1.37. The molecule has 2 N–H and O–H groups in total. The van der Waals surface area contributed by atoms with Crippen molar-refractivity contribution in [2.75, 3.05) is 32.8 Å². The maximum absolute atomic E-state index is 11.8. The van der Waals surface area contributed by atoms with Gasteiger partial charge in [-0.1, -0.05) is 0 Å². The summed E-state index contributed by atoms with van der Waals surface area (Å²) >= 11 is 0. The number of carbonyl (C=O) groups is 1.